The van der Waals surface area contributed by atoms with E-state index in [9.17, 15) is 4.79 Å². The van der Waals surface area contributed by atoms with E-state index in [4.69, 9.17) is 9.97 Å². The summed E-state index contributed by atoms with van der Waals surface area (Å²) in [6.07, 6.45) is 6.65. The number of hydrogen-bond acceptors (Lipinski definition) is 5. The third kappa shape index (κ3) is 4.09. The van der Waals surface area contributed by atoms with E-state index in [1.54, 1.807) is 12.3 Å². The standard InChI is InChI=1S/C26H29N5O/c1-19-21-11-7-16-30(18-14-20-9-3-2-4-10-20)25(21)29-24(28-19)23-13-8-17-31(23)26(32)22-12-5-6-15-27-22/h2-6,9-10,12,15,23H,7-8,11,13-14,16-18H2,1H3. The van der Waals surface area contributed by atoms with Crippen LogP contribution in [0, 0.1) is 6.92 Å². The van der Waals surface area contributed by atoms with Gasteiger partial charge in [0.1, 0.15) is 11.5 Å². The normalized spacial score (nSPS) is 18.0. The van der Waals surface area contributed by atoms with Crippen molar-refractivity contribution in [2.75, 3.05) is 24.5 Å². The molecule has 164 valence electrons. The van der Waals surface area contributed by atoms with Gasteiger partial charge in [-0.2, -0.15) is 0 Å². The predicted octanol–water partition coefficient (Wildman–Crippen LogP) is 4.15. The zero-order chi connectivity index (χ0) is 21.9. The van der Waals surface area contributed by atoms with Crippen LogP contribution in [-0.2, 0) is 12.8 Å². The molecule has 0 saturated carbocycles. The molecule has 0 N–H and O–H groups in total. The van der Waals surface area contributed by atoms with E-state index in [0.29, 0.717) is 5.69 Å². The summed E-state index contributed by atoms with van der Waals surface area (Å²) in [6.45, 7) is 4.76. The summed E-state index contributed by atoms with van der Waals surface area (Å²) in [6, 6.07) is 16.0. The number of anilines is 1. The van der Waals surface area contributed by atoms with Crippen molar-refractivity contribution in [2.24, 2.45) is 0 Å². The second-order valence-electron chi connectivity index (χ2n) is 8.67. The Kier molecular flexibility index (Phi) is 5.84. The maximum atomic E-state index is 13.1. The monoisotopic (exact) mass is 427 g/mol. The largest absolute Gasteiger partial charge is 0.356 e. The summed E-state index contributed by atoms with van der Waals surface area (Å²) in [5.41, 5.74) is 4.13. The molecular weight excluding hydrogens is 398 g/mol. The van der Waals surface area contributed by atoms with E-state index < -0.39 is 0 Å². The number of likely N-dealkylation sites (tertiary alicyclic amines) is 1. The lowest BCUT2D eigenvalue weighted by Gasteiger charge is -2.32. The van der Waals surface area contributed by atoms with Crippen LogP contribution >= 0.6 is 0 Å². The van der Waals surface area contributed by atoms with E-state index in [2.05, 4.69) is 47.1 Å². The smallest absolute Gasteiger partial charge is 0.273 e. The minimum absolute atomic E-state index is 0.0343. The minimum Gasteiger partial charge on any atom is -0.356 e. The number of benzene rings is 1. The van der Waals surface area contributed by atoms with Gasteiger partial charge in [-0.1, -0.05) is 36.4 Å². The lowest BCUT2D eigenvalue weighted by atomic mass is 10.0. The Morgan fingerprint density at radius 1 is 1.03 bits per heavy atom. The predicted molar refractivity (Wildman–Crippen MR) is 125 cm³/mol. The summed E-state index contributed by atoms with van der Waals surface area (Å²) in [5.74, 6) is 1.80. The molecule has 1 saturated heterocycles. The van der Waals surface area contributed by atoms with E-state index in [0.717, 1.165) is 69.1 Å². The number of amides is 1. The van der Waals surface area contributed by atoms with Crippen LogP contribution in [0.1, 0.15) is 58.4 Å². The first-order valence-electron chi connectivity index (χ1n) is 11.6. The van der Waals surface area contributed by atoms with Gasteiger partial charge < -0.3 is 9.80 Å². The number of aryl methyl sites for hydroxylation is 1. The Morgan fingerprint density at radius 3 is 2.69 bits per heavy atom. The molecule has 6 heteroatoms. The van der Waals surface area contributed by atoms with Crippen molar-refractivity contribution >= 4 is 11.7 Å². The fourth-order valence-corrected chi connectivity index (χ4v) is 4.90. The molecule has 0 spiro atoms. The SMILES string of the molecule is Cc1nc(C2CCCN2C(=O)c2ccccn2)nc2c1CCCN2CCc1ccccc1. The van der Waals surface area contributed by atoms with Crippen LogP contribution in [0.5, 0.6) is 0 Å². The molecule has 32 heavy (non-hydrogen) atoms. The van der Waals surface area contributed by atoms with E-state index >= 15 is 0 Å². The molecule has 2 aliphatic heterocycles. The Hall–Kier alpha value is -3.28. The third-order valence-corrected chi connectivity index (χ3v) is 6.57. The summed E-state index contributed by atoms with van der Waals surface area (Å²) in [5, 5.41) is 0. The molecule has 4 heterocycles. The number of pyridine rings is 1. The van der Waals surface area contributed by atoms with Crippen molar-refractivity contribution in [3.8, 4) is 0 Å². The van der Waals surface area contributed by atoms with Gasteiger partial charge in [-0.15, -0.1) is 0 Å². The van der Waals surface area contributed by atoms with Crippen LogP contribution in [0.2, 0.25) is 0 Å². The molecule has 0 bridgehead atoms. The first-order chi connectivity index (χ1) is 15.7. The van der Waals surface area contributed by atoms with Crippen LogP contribution in [-0.4, -0.2) is 45.4 Å². The molecule has 1 amide bonds. The topological polar surface area (TPSA) is 62.2 Å². The van der Waals surface area contributed by atoms with E-state index in [1.165, 1.54) is 11.1 Å². The Balaban J connectivity index is 1.41. The minimum atomic E-state index is -0.0913. The molecule has 1 unspecified atom stereocenters. The summed E-state index contributed by atoms with van der Waals surface area (Å²) in [4.78, 5) is 31.7. The molecule has 2 aromatic heterocycles. The number of aromatic nitrogens is 3. The molecule has 5 rings (SSSR count). The van der Waals surface area contributed by atoms with Crippen molar-refractivity contribution in [1.29, 1.82) is 0 Å². The molecule has 0 radical (unpaired) electrons. The van der Waals surface area contributed by atoms with Gasteiger partial charge in [-0.05, 0) is 56.7 Å². The first kappa shape index (κ1) is 20.6. The summed E-state index contributed by atoms with van der Waals surface area (Å²) < 4.78 is 0. The molecule has 1 fully saturated rings. The first-order valence-corrected chi connectivity index (χ1v) is 11.6. The van der Waals surface area contributed by atoms with Crippen molar-refractivity contribution in [3.05, 3.63) is 83.1 Å². The fourth-order valence-electron chi connectivity index (χ4n) is 4.90. The molecule has 3 aromatic rings. The second-order valence-corrected chi connectivity index (χ2v) is 8.67. The lowest BCUT2D eigenvalue weighted by Crippen LogP contribution is -2.35. The second kappa shape index (κ2) is 9.07. The molecule has 2 aliphatic rings. The van der Waals surface area contributed by atoms with Gasteiger partial charge >= 0.3 is 0 Å². The highest BCUT2D eigenvalue weighted by atomic mass is 16.2. The van der Waals surface area contributed by atoms with Crippen molar-refractivity contribution in [2.45, 2.75) is 45.1 Å². The zero-order valence-electron chi connectivity index (χ0n) is 18.6. The summed E-state index contributed by atoms with van der Waals surface area (Å²) >= 11 is 0. The zero-order valence-corrected chi connectivity index (χ0v) is 18.6. The number of carbonyl (C=O) groups is 1. The van der Waals surface area contributed by atoms with Gasteiger partial charge in [0.15, 0.2) is 5.82 Å². The van der Waals surface area contributed by atoms with Gasteiger partial charge in [-0.3, -0.25) is 9.78 Å². The highest BCUT2D eigenvalue weighted by Crippen LogP contribution is 2.35. The highest BCUT2D eigenvalue weighted by molar-refractivity contribution is 5.92. The third-order valence-electron chi connectivity index (χ3n) is 6.57. The number of rotatable bonds is 5. The maximum Gasteiger partial charge on any atom is 0.273 e. The lowest BCUT2D eigenvalue weighted by molar-refractivity contribution is 0.0723. The van der Waals surface area contributed by atoms with Gasteiger partial charge in [0.25, 0.3) is 5.91 Å². The van der Waals surface area contributed by atoms with Crippen LogP contribution in [0.15, 0.2) is 54.7 Å². The van der Waals surface area contributed by atoms with E-state index in [1.807, 2.05) is 17.0 Å². The molecule has 1 atom stereocenters. The van der Waals surface area contributed by atoms with Crippen LogP contribution < -0.4 is 4.90 Å². The van der Waals surface area contributed by atoms with Crippen LogP contribution in [0.4, 0.5) is 5.82 Å². The number of nitrogens with zero attached hydrogens (tertiary/aromatic N) is 5. The van der Waals surface area contributed by atoms with Crippen molar-refractivity contribution in [1.82, 2.24) is 19.9 Å². The average molecular weight is 428 g/mol. The fraction of sp³-hybridized carbons (Fsp3) is 0.385. The van der Waals surface area contributed by atoms with Crippen molar-refractivity contribution in [3.63, 3.8) is 0 Å². The van der Waals surface area contributed by atoms with Gasteiger partial charge in [0.2, 0.25) is 0 Å². The van der Waals surface area contributed by atoms with Gasteiger partial charge in [0, 0.05) is 37.1 Å². The summed E-state index contributed by atoms with van der Waals surface area (Å²) in [7, 11) is 0. The Bertz CT molecular complexity index is 1090. The molecular formula is C26H29N5O. The van der Waals surface area contributed by atoms with Gasteiger partial charge in [-0.25, -0.2) is 9.97 Å². The molecule has 0 aliphatic carbocycles. The highest BCUT2D eigenvalue weighted by Gasteiger charge is 2.34. The van der Waals surface area contributed by atoms with Crippen LogP contribution in [0.25, 0.3) is 0 Å². The molecule has 1 aromatic carbocycles. The Morgan fingerprint density at radius 2 is 1.88 bits per heavy atom. The average Bonchev–Trinajstić information content (AvgIpc) is 3.33. The number of carbonyl (C=O) groups excluding carboxylic acids is 1. The number of hydrogen-bond donors (Lipinski definition) is 0. The number of fused-ring (bicyclic) bond motifs is 1. The van der Waals surface area contributed by atoms with Gasteiger partial charge in [0.05, 0.1) is 6.04 Å². The van der Waals surface area contributed by atoms with Crippen molar-refractivity contribution < 1.29 is 4.79 Å². The van der Waals surface area contributed by atoms with E-state index in [-0.39, 0.29) is 11.9 Å². The van der Waals surface area contributed by atoms with Crippen LogP contribution in [0.3, 0.4) is 0 Å². The Labute approximate surface area is 189 Å². The quantitative estimate of drug-likeness (QED) is 0.612. The maximum absolute atomic E-state index is 13.1. The molecule has 6 nitrogen and oxygen atoms in total.